The molecule has 1 fully saturated rings. The number of benzene rings is 1. The van der Waals surface area contributed by atoms with Crippen LogP contribution in [0.4, 0.5) is 22.0 Å². The molecule has 0 saturated carbocycles. The third kappa shape index (κ3) is 6.42. The monoisotopic (exact) mass is 492 g/mol. The Labute approximate surface area is 215 Å². The lowest BCUT2D eigenvalue weighted by molar-refractivity contribution is 0.102. The molecule has 0 aliphatic carbocycles. The first kappa shape index (κ1) is 26.1. The van der Waals surface area contributed by atoms with Crippen molar-refractivity contribution in [3.8, 4) is 0 Å². The number of hydrogen-bond acceptors (Lipinski definition) is 5. The highest BCUT2D eigenvalue weighted by atomic mass is 16.2. The van der Waals surface area contributed by atoms with Gasteiger partial charge in [0.15, 0.2) is 5.82 Å². The van der Waals surface area contributed by atoms with Crippen LogP contribution in [0.5, 0.6) is 0 Å². The zero-order valence-electron chi connectivity index (χ0n) is 21.7. The van der Waals surface area contributed by atoms with Gasteiger partial charge in [0, 0.05) is 25.8 Å². The molecule has 2 N–H and O–H groups in total. The number of hydrogen-bond donors (Lipinski definition) is 2. The Hall–Kier alpha value is -2.97. The van der Waals surface area contributed by atoms with Gasteiger partial charge in [-0.15, -0.1) is 0 Å². The first-order valence-electron chi connectivity index (χ1n) is 13.5. The number of carbonyl (C=O) groups excluding carboxylic acids is 2. The van der Waals surface area contributed by atoms with Gasteiger partial charge < -0.3 is 20.4 Å². The molecule has 1 aromatic carbocycles. The zero-order valence-corrected chi connectivity index (χ0v) is 21.7. The van der Waals surface area contributed by atoms with E-state index in [0.717, 1.165) is 38.6 Å². The van der Waals surface area contributed by atoms with Crippen LogP contribution in [0.15, 0.2) is 42.6 Å². The van der Waals surface area contributed by atoms with Crippen LogP contribution in [0, 0.1) is 5.92 Å². The standard InChI is InChI=1S/C28H40N6O2/c1-3-32(4-2)18-8-7-11-22-12-10-19-33(21-22)20-17-30-28(36)34-25-15-6-5-13-23(25)27(35)31-24-14-9-16-29-26(24)34/h5-6,9,13-16,22H,3-4,7-8,10-12,17-21H2,1-2H3,(H,30,36)(H,31,35). The van der Waals surface area contributed by atoms with E-state index in [0.29, 0.717) is 29.3 Å². The van der Waals surface area contributed by atoms with E-state index in [2.05, 4.69) is 39.3 Å². The molecule has 194 valence electrons. The predicted octanol–water partition coefficient (Wildman–Crippen LogP) is 4.72. The summed E-state index contributed by atoms with van der Waals surface area (Å²) in [5, 5.41) is 5.95. The van der Waals surface area contributed by atoms with Gasteiger partial charge in [0.1, 0.15) is 0 Å². The van der Waals surface area contributed by atoms with Crippen molar-refractivity contribution in [2.24, 2.45) is 5.92 Å². The molecule has 0 radical (unpaired) electrons. The summed E-state index contributed by atoms with van der Waals surface area (Å²) < 4.78 is 0. The minimum Gasteiger partial charge on any atom is -0.336 e. The van der Waals surface area contributed by atoms with E-state index >= 15 is 0 Å². The molecule has 8 heteroatoms. The topological polar surface area (TPSA) is 80.8 Å². The van der Waals surface area contributed by atoms with Crippen LogP contribution in [-0.4, -0.2) is 72.5 Å². The Kier molecular flexibility index (Phi) is 9.30. The van der Waals surface area contributed by atoms with Gasteiger partial charge in [-0.25, -0.2) is 14.7 Å². The van der Waals surface area contributed by atoms with Gasteiger partial charge in [-0.2, -0.15) is 0 Å². The number of nitrogens with one attached hydrogen (secondary N) is 2. The number of nitrogens with zero attached hydrogens (tertiary/aromatic N) is 4. The average Bonchev–Trinajstić information content (AvgIpc) is 3.03. The fourth-order valence-corrected chi connectivity index (χ4v) is 5.34. The largest absolute Gasteiger partial charge is 0.336 e. The van der Waals surface area contributed by atoms with Crippen molar-refractivity contribution in [3.05, 3.63) is 48.2 Å². The maximum atomic E-state index is 13.4. The molecule has 3 heterocycles. The Morgan fingerprint density at radius 1 is 1.17 bits per heavy atom. The fourth-order valence-electron chi connectivity index (χ4n) is 5.34. The predicted molar refractivity (Wildman–Crippen MR) is 145 cm³/mol. The van der Waals surface area contributed by atoms with Crippen LogP contribution in [0.25, 0.3) is 0 Å². The average molecular weight is 493 g/mol. The summed E-state index contributed by atoms with van der Waals surface area (Å²) in [7, 11) is 0. The number of likely N-dealkylation sites (tertiary alicyclic amines) is 1. The van der Waals surface area contributed by atoms with Crippen molar-refractivity contribution in [2.45, 2.75) is 46.0 Å². The molecule has 3 amide bonds. The third-order valence-electron chi connectivity index (χ3n) is 7.38. The maximum absolute atomic E-state index is 13.4. The van der Waals surface area contributed by atoms with Crippen molar-refractivity contribution in [3.63, 3.8) is 0 Å². The summed E-state index contributed by atoms with van der Waals surface area (Å²) in [5.74, 6) is 0.930. The number of urea groups is 1. The number of pyridine rings is 1. The number of aromatic nitrogens is 1. The Balaban J connectivity index is 1.31. The Bertz CT molecular complexity index is 1020. The normalized spacial score (nSPS) is 17.8. The molecule has 0 bridgehead atoms. The van der Waals surface area contributed by atoms with E-state index in [9.17, 15) is 9.59 Å². The second kappa shape index (κ2) is 12.8. The van der Waals surface area contributed by atoms with Crippen LogP contribution in [0.2, 0.25) is 0 Å². The number of piperidine rings is 1. The lowest BCUT2D eigenvalue weighted by Gasteiger charge is -2.33. The minimum atomic E-state index is -0.274. The molecule has 2 aliphatic rings. The highest BCUT2D eigenvalue weighted by molar-refractivity contribution is 6.16. The maximum Gasteiger partial charge on any atom is 0.327 e. The van der Waals surface area contributed by atoms with Crippen molar-refractivity contribution >= 4 is 29.1 Å². The van der Waals surface area contributed by atoms with Gasteiger partial charge in [0.25, 0.3) is 5.91 Å². The van der Waals surface area contributed by atoms with Crippen LogP contribution in [0.1, 0.15) is 56.3 Å². The van der Waals surface area contributed by atoms with Crippen LogP contribution in [-0.2, 0) is 0 Å². The summed E-state index contributed by atoms with van der Waals surface area (Å²) in [6.45, 7) is 11.5. The van der Waals surface area contributed by atoms with E-state index in [-0.39, 0.29) is 11.9 Å². The number of carbonyl (C=O) groups is 2. The molecule has 2 aromatic rings. The van der Waals surface area contributed by atoms with Gasteiger partial charge in [-0.1, -0.05) is 32.4 Å². The van der Waals surface area contributed by atoms with Crippen LogP contribution in [0.3, 0.4) is 0 Å². The Morgan fingerprint density at radius 3 is 2.83 bits per heavy atom. The molecule has 8 nitrogen and oxygen atoms in total. The fraction of sp³-hybridized carbons (Fsp3) is 0.536. The number of amides is 3. The molecule has 1 aromatic heterocycles. The van der Waals surface area contributed by atoms with E-state index < -0.39 is 0 Å². The second-order valence-electron chi connectivity index (χ2n) is 9.74. The van der Waals surface area contributed by atoms with E-state index in [1.807, 2.05) is 6.07 Å². The van der Waals surface area contributed by atoms with Gasteiger partial charge >= 0.3 is 6.03 Å². The third-order valence-corrected chi connectivity index (χ3v) is 7.38. The van der Waals surface area contributed by atoms with Gasteiger partial charge in [-0.3, -0.25) is 4.79 Å². The number of para-hydroxylation sites is 1. The number of rotatable bonds is 10. The molecular weight excluding hydrogens is 452 g/mol. The summed E-state index contributed by atoms with van der Waals surface area (Å²) in [6, 6.07) is 10.4. The van der Waals surface area contributed by atoms with Crippen LogP contribution >= 0.6 is 0 Å². The summed E-state index contributed by atoms with van der Waals surface area (Å²) in [6.07, 6.45) is 8.02. The molecule has 4 rings (SSSR count). The SMILES string of the molecule is CCN(CC)CCCCC1CCCN(CCNC(=O)N2c3ccccc3C(=O)Nc3cccnc32)C1. The smallest absolute Gasteiger partial charge is 0.327 e. The summed E-state index contributed by atoms with van der Waals surface area (Å²) >= 11 is 0. The molecule has 1 unspecified atom stereocenters. The van der Waals surface area contributed by atoms with Crippen molar-refractivity contribution < 1.29 is 9.59 Å². The highest BCUT2D eigenvalue weighted by Gasteiger charge is 2.30. The molecule has 36 heavy (non-hydrogen) atoms. The van der Waals surface area contributed by atoms with Crippen molar-refractivity contribution in [1.29, 1.82) is 0 Å². The zero-order chi connectivity index (χ0) is 25.3. The van der Waals surface area contributed by atoms with Crippen LogP contribution < -0.4 is 15.5 Å². The van der Waals surface area contributed by atoms with Gasteiger partial charge in [0.2, 0.25) is 0 Å². The molecular formula is C28H40N6O2. The number of unbranched alkanes of at least 4 members (excludes halogenated alkanes) is 1. The summed E-state index contributed by atoms with van der Waals surface area (Å²) in [5.41, 5.74) is 1.51. The van der Waals surface area contributed by atoms with E-state index in [4.69, 9.17) is 0 Å². The summed E-state index contributed by atoms with van der Waals surface area (Å²) in [4.78, 5) is 37.0. The first-order chi connectivity index (χ1) is 17.6. The molecule has 1 atom stereocenters. The van der Waals surface area contributed by atoms with Crippen molar-refractivity contribution in [2.75, 3.05) is 56.0 Å². The quantitative estimate of drug-likeness (QED) is 0.469. The number of fused-ring (bicyclic) bond motifs is 2. The molecule has 1 saturated heterocycles. The second-order valence-corrected chi connectivity index (χ2v) is 9.74. The minimum absolute atomic E-state index is 0.244. The lowest BCUT2D eigenvalue weighted by Crippen LogP contribution is -2.44. The first-order valence-corrected chi connectivity index (χ1v) is 13.5. The highest BCUT2D eigenvalue weighted by Crippen LogP contribution is 2.36. The lowest BCUT2D eigenvalue weighted by atomic mass is 9.92. The number of anilines is 3. The van der Waals surface area contributed by atoms with Gasteiger partial charge in [0.05, 0.1) is 16.9 Å². The molecule has 0 spiro atoms. The molecule has 2 aliphatic heterocycles. The van der Waals surface area contributed by atoms with Crippen molar-refractivity contribution in [1.82, 2.24) is 20.1 Å². The van der Waals surface area contributed by atoms with Gasteiger partial charge in [-0.05, 0) is 82.0 Å². The van der Waals surface area contributed by atoms with E-state index in [1.54, 1.807) is 36.5 Å². The van der Waals surface area contributed by atoms with E-state index in [1.165, 1.54) is 43.5 Å². The Morgan fingerprint density at radius 2 is 2.00 bits per heavy atom.